The predicted molar refractivity (Wildman–Crippen MR) is 65.6 cm³/mol. The summed E-state index contributed by atoms with van der Waals surface area (Å²) in [6, 6.07) is 6.02. The van der Waals surface area contributed by atoms with Gasteiger partial charge in [-0.15, -0.1) is 6.58 Å². The van der Waals surface area contributed by atoms with Crippen molar-refractivity contribution in [3.05, 3.63) is 53.1 Å². The molecular weight excluding hydrogens is 200 g/mol. The minimum absolute atomic E-state index is 0.194. The third-order valence-electron chi connectivity index (χ3n) is 2.58. The fraction of sp³-hybridized carbons (Fsp3) is 0.231. The molecule has 1 aromatic carbocycles. The highest BCUT2D eigenvalue weighted by Gasteiger charge is 2.03. The Bertz CT molecular complexity index is 584. The van der Waals surface area contributed by atoms with Crippen LogP contribution in [0.5, 0.6) is 0 Å². The summed E-state index contributed by atoms with van der Waals surface area (Å²) < 4.78 is 1.70. The van der Waals surface area contributed by atoms with Crippen LogP contribution in [-0.4, -0.2) is 9.55 Å². The first kappa shape index (κ1) is 10.6. The fourth-order valence-corrected chi connectivity index (χ4v) is 1.73. The molecule has 1 heterocycles. The zero-order valence-corrected chi connectivity index (χ0v) is 9.31. The van der Waals surface area contributed by atoms with Crippen LogP contribution in [0.1, 0.15) is 12.0 Å². The molecule has 0 aliphatic carbocycles. The van der Waals surface area contributed by atoms with E-state index in [0.717, 1.165) is 22.9 Å². The Hall–Kier alpha value is -1.90. The van der Waals surface area contributed by atoms with E-state index in [0.29, 0.717) is 6.54 Å². The second-order valence-corrected chi connectivity index (χ2v) is 3.83. The van der Waals surface area contributed by atoms with Crippen LogP contribution in [0.25, 0.3) is 10.9 Å². The molecule has 0 saturated carbocycles. The van der Waals surface area contributed by atoms with E-state index < -0.39 is 0 Å². The lowest BCUT2D eigenvalue weighted by atomic mass is 10.2. The summed E-state index contributed by atoms with van der Waals surface area (Å²) in [7, 11) is 0. The summed E-state index contributed by atoms with van der Waals surface area (Å²) in [4.78, 5) is 15.5. The Morgan fingerprint density at radius 1 is 1.50 bits per heavy atom. The van der Waals surface area contributed by atoms with E-state index in [1.165, 1.54) is 0 Å². The number of allylic oxidation sites excluding steroid dienone is 1. The maximum absolute atomic E-state index is 11.7. The third kappa shape index (κ3) is 1.89. The molecule has 0 saturated heterocycles. The third-order valence-corrected chi connectivity index (χ3v) is 2.58. The molecule has 0 bridgehead atoms. The summed E-state index contributed by atoms with van der Waals surface area (Å²) in [5, 5.41) is 0.995. The molecule has 0 aliphatic rings. The fourth-order valence-electron chi connectivity index (χ4n) is 1.73. The lowest BCUT2D eigenvalue weighted by molar-refractivity contribution is 0.687. The molecule has 16 heavy (non-hydrogen) atoms. The molecule has 0 aliphatic heterocycles. The van der Waals surface area contributed by atoms with Crippen LogP contribution in [0, 0.1) is 6.92 Å². The van der Waals surface area contributed by atoms with Crippen LogP contribution in [0.4, 0.5) is 0 Å². The molecule has 82 valence electrons. The zero-order valence-electron chi connectivity index (χ0n) is 9.31. The Balaban J connectivity index is 2.67. The van der Waals surface area contributed by atoms with Gasteiger partial charge in [-0.1, -0.05) is 18.2 Å². The van der Waals surface area contributed by atoms with Crippen molar-refractivity contribution in [1.82, 2.24) is 9.55 Å². The maximum atomic E-state index is 11.7. The lowest BCUT2D eigenvalue weighted by Gasteiger charge is -2.08. The number of hydrogen-bond acceptors (Lipinski definition) is 2. The van der Waals surface area contributed by atoms with Crippen LogP contribution in [-0.2, 0) is 6.54 Å². The van der Waals surface area contributed by atoms with Crippen molar-refractivity contribution in [3.63, 3.8) is 0 Å². The van der Waals surface area contributed by atoms with Crippen molar-refractivity contribution in [3.8, 4) is 0 Å². The average Bonchev–Trinajstić information content (AvgIpc) is 2.28. The summed E-state index contributed by atoms with van der Waals surface area (Å²) in [6.07, 6.45) is 4.21. The number of hydrogen-bond donors (Lipinski definition) is 0. The van der Waals surface area contributed by atoms with Crippen LogP contribution in [0.2, 0.25) is 0 Å². The molecule has 2 aromatic rings. The van der Waals surface area contributed by atoms with Gasteiger partial charge in [-0.3, -0.25) is 4.57 Å². The number of aryl methyl sites for hydroxylation is 2. The molecular formula is C13H14N2O. The smallest absolute Gasteiger partial charge is 0.292 e. The first-order valence-electron chi connectivity index (χ1n) is 5.29. The van der Waals surface area contributed by atoms with Crippen LogP contribution in [0.3, 0.4) is 0 Å². The van der Waals surface area contributed by atoms with Crippen molar-refractivity contribution < 1.29 is 0 Å². The normalized spacial score (nSPS) is 10.6. The van der Waals surface area contributed by atoms with E-state index in [-0.39, 0.29) is 5.69 Å². The van der Waals surface area contributed by atoms with E-state index in [2.05, 4.69) is 11.6 Å². The largest absolute Gasteiger partial charge is 0.348 e. The Kier molecular flexibility index (Phi) is 2.86. The second-order valence-electron chi connectivity index (χ2n) is 3.83. The highest BCUT2D eigenvalue weighted by atomic mass is 16.1. The number of benzene rings is 1. The highest BCUT2D eigenvalue weighted by molar-refractivity contribution is 5.78. The minimum atomic E-state index is -0.194. The highest BCUT2D eigenvalue weighted by Crippen LogP contribution is 2.13. The zero-order chi connectivity index (χ0) is 11.5. The lowest BCUT2D eigenvalue weighted by Crippen LogP contribution is -2.22. The monoisotopic (exact) mass is 214 g/mol. The van der Waals surface area contributed by atoms with Crippen molar-refractivity contribution >= 4 is 10.9 Å². The second kappa shape index (κ2) is 4.31. The average molecular weight is 214 g/mol. The minimum Gasteiger partial charge on any atom is -0.292 e. The van der Waals surface area contributed by atoms with Gasteiger partial charge in [0.2, 0.25) is 0 Å². The van der Waals surface area contributed by atoms with Gasteiger partial charge in [-0.05, 0) is 25.0 Å². The first-order chi connectivity index (χ1) is 7.72. The van der Waals surface area contributed by atoms with Gasteiger partial charge in [-0.2, -0.15) is 0 Å². The summed E-state index contributed by atoms with van der Waals surface area (Å²) in [6.45, 7) is 6.32. The van der Waals surface area contributed by atoms with Crippen molar-refractivity contribution in [2.45, 2.75) is 19.9 Å². The molecule has 0 N–H and O–H groups in total. The van der Waals surface area contributed by atoms with Gasteiger partial charge < -0.3 is 0 Å². The van der Waals surface area contributed by atoms with E-state index in [9.17, 15) is 4.79 Å². The van der Waals surface area contributed by atoms with Gasteiger partial charge in [-0.25, -0.2) is 9.78 Å². The Morgan fingerprint density at radius 2 is 2.31 bits per heavy atom. The molecule has 0 spiro atoms. The van der Waals surface area contributed by atoms with Crippen LogP contribution in [0.15, 0.2) is 41.8 Å². The molecule has 0 fully saturated rings. The molecule has 0 radical (unpaired) electrons. The molecule has 1 aromatic heterocycles. The molecule has 0 amide bonds. The van der Waals surface area contributed by atoms with Gasteiger partial charge in [0.05, 0.1) is 5.52 Å². The van der Waals surface area contributed by atoms with Gasteiger partial charge in [0.15, 0.2) is 0 Å². The van der Waals surface area contributed by atoms with Gasteiger partial charge in [0, 0.05) is 18.1 Å². The van der Waals surface area contributed by atoms with Crippen LogP contribution >= 0.6 is 0 Å². The maximum Gasteiger partial charge on any atom is 0.348 e. The molecule has 2 rings (SSSR count). The van der Waals surface area contributed by atoms with Crippen molar-refractivity contribution in [2.24, 2.45) is 0 Å². The van der Waals surface area contributed by atoms with E-state index in [1.807, 2.05) is 25.1 Å². The van der Waals surface area contributed by atoms with Gasteiger partial charge in [0.1, 0.15) is 0 Å². The summed E-state index contributed by atoms with van der Waals surface area (Å²) >= 11 is 0. The number of aromatic nitrogens is 2. The molecule has 3 heteroatoms. The van der Waals surface area contributed by atoms with E-state index in [1.54, 1.807) is 16.8 Å². The summed E-state index contributed by atoms with van der Waals surface area (Å²) in [5.74, 6) is 0. The number of fused-ring (bicyclic) bond motifs is 1. The summed E-state index contributed by atoms with van der Waals surface area (Å²) in [5.41, 5.74) is 1.90. The number of nitrogens with zero attached hydrogens (tertiary/aromatic N) is 2. The number of rotatable bonds is 3. The van der Waals surface area contributed by atoms with E-state index in [4.69, 9.17) is 0 Å². The predicted octanol–water partition coefficient (Wildman–Crippen LogP) is 2.28. The first-order valence-corrected chi connectivity index (χ1v) is 5.29. The standard InChI is InChI=1S/C13H14N2O/c1-3-4-7-15-12-8-10(2)5-6-11(12)9-14-13(15)16/h3,5-6,8-9H,1,4,7H2,2H3. The Labute approximate surface area is 94.1 Å². The molecule has 0 atom stereocenters. The van der Waals surface area contributed by atoms with Crippen molar-refractivity contribution in [2.75, 3.05) is 0 Å². The quantitative estimate of drug-likeness (QED) is 0.735. The van der Waals surface area contributed by atoms with E-state index >= 15 is 0 Å². The SMILES string of the molecule is C=CCCn1c(=O)ncc2ccc(C)cc21. The van der Waals surface area contributed by atoms with Crippen LogP contribution < -0.4 is 5.69 Å². The van der Waals surface area contributed by atoms with Crippen molar-refractivity contribution in [1.29, 1.82) is 0 Å². The molecule has 0 unspecified atom stereocenters. The topological polar surface area (TPSA) is 34.9 Å². The van der Waals surface area contributed by atoms with Gasteiger partial charge in [0.25, 0.3) is 0 Å². The molecule has 3 nitrogen and oxygen atoms in total. The Morgan fingerprint density at radius 3 is 3.06 bits per heavy atom. The van der Waals surface area contributed by atoms with Gasteiger partial charge >= 0.3 is 5.69 Å².